The monoisotopic (exact) mass is 404 g/mol. The summed E-state index contributed by atoms with van der Waals surface area (Å²) in [5.74, 6) is 0.0599. The minimum atomic E-state index is -0.186. The molecular weight excluding hydrogens is 388 g/mol. The topological polar surface area (TPSA) is 90.9 Å². The Morgan fingerprint density at radius 1 is 0.966 bits per heavy atom. The molecule has 3 N–H and O–H groups in total. The molecule has 1 amide bonds. The lowest BCUT2D eigenvalue weighted by Gasteiger charge is -2.09. The molecule has 0 spiro atoms. The molecular formula is C22H17ClN4O2. The van der Waals surface area contributed by atoms with Gasteiger partial charge in [0.1, 0.15) is 0 Å². The van der Waals surface area contributed by atoms with Gasteiger partial charge in [0.25, 0.3) is 6.01 Å². The predicted molar refractivity (Wildman–Crippen MR) is 112 cm³/mol. The molecule has 5 rings (SSSR count). The molecule has 1 unspecified atom stereocenters. The van der Waals surface area contributed by atoms with E-state index in [9.17, 15) is 9.90 Å². The van der Waals surface area contributed by atoms with Gasteiger partial charge in [-0.2, -0.15) is 4.98 Å². The van der Waals surface area contributed by atoms with Crippen molar-refractivity contribution in [1.82, 2.24) is 20.3 Å². The van der Waals surface area contributed by atoms with Crippen LogP contribution in [0.5, 0.6) is 6.01 Å². The number of benzene rings is 2. The second-order valence-corrected chi connectivity index (χ2v) is 7.49. The van der Waals surface area contributed by atoms with Gasteiger partial charge in [0, 0.05) is 12.1 Å². The maximum absolute atomic E-state index is 11.9. The zero-order chi connectivity index (χ0) is 20.0. The first kappa shape index (κ1) is 17.7. The third-order valence-corrected chi connectivity index (χ3v) is 5.56. The molecule has 0 saturated carbocycles. The average molecular weight is 405 g/mol. The summed E-state index contributed by atoms with van der Waals surface area (Å²) in [6.45, 7) is 0.743. The Bertz CT molecular complexity index is 1220. The normalized spacial score (nSPS) is 16.3. The fraction of sp³-hybridized carbons (Fsp3) is 0.136. The summed E-state index contributed by atoms with van der Waals surface area (Å²) in [4.78, 5) is 23.0. The zero-order valence-electron chi connectivity index (χ0n) is 15.3. The highest BCUT2D eigenvalue weighted by Gasteiger charge is 2.25. The summed E-state index contributed by atoms with van der Waals surface area (Å²) in [6.07, 6.45) is 0.846. The number of aromatic nitrogens is 3. The molecule has 1 atom stereocenters. The number of carbonyl (C=O) groups is 1. The quantitative estimate of drug-likeness (QED) is 0.476. The van der Waals surface area contributed by atoms with Crippen LogP contribution in [0.15, 0.2) is 54.6 Å². The molecule has 6 nitrogen and oxygen atoms in total. The van der Waals surface area contributed by atoms with Crippen molar-refractivity contribution in [2.45, 2.75) is 12.3 Å². The molecule has 1 saturated heterocycles. The third kappa shape index (κ3) is 3.21. The molecule has 3 heterocycles. The van der Waals surface area contributed by atoms with Crippen LogP contribution in [-0.4, -0.2) is 32.5 Å². The minimum absolute atomic E-state index is 0.0453. The van der Waals surface area contributed by atoms with E-state index in [1.54, 1.807) is 6.07 Å². The van der Waals surface area contributed by atoms with Crippen molar-refractivity contribution in [3.8, 4) is 28.4 Å². The Balaban J connectivity index is 1.43. The highest BCUT2D eigenvalue weighted by Crippen LogP contribution is 2.32. The van der Waals surface area contributed by atoms with Crippen LogP contribution in [0, 0.1) is 0 Å². The molecule has 0 bridgehead atoms. The first-order chi connectivity index (χ1) is 14.1. The summed E-state index contributed by atoms with van der Waals surface area (Å²) < 4.78 is 0. The van der Waals surface area contributed by atoms with Crippen molar-refractivity contribution in [3.05, 3.63) is 65.2 Å². The molecule has 1 aliphatic heterocycles. The summed E-state index contributed by atoms with van der Waals surface area (Å²) in [5, 5.41) is 12.9. The van der Waals surface area contributed by atoms with E-state index in [4.69, 9.17) is 11.6 Å². The summed E-state index contributed by atoms with van der Waals surface area (Å²) in [6, 6.07) is 17.6. The van der Waals surface area contributed by atoms with Gasteiger partial charge in [-0.1, -0.05) is 60.1 Å². The fourth-order valence-electron chi connectivity index (χ4n) is 3.75. The number of halogens is 1. The molecule has 1 fully saturated rings. The Hall–Kier alpha value is -3.38. The predicted octanol–water partition coefficient (Wildman–Crippen LogP) is 4.25. The van der Waals surface area contributed by atoms with E-state index < -0.39 is 0 Å². The van der Waals surface area contributed by atoms with Crippen LogP contribution in [0.3, 0.4) is 0 Å². The standard InChI is InChI=1S/C22H17ClN4O2/c23-17-11-18-20(27-22(29)25-18)26-19(17)15-7-3-13(4-8-15)12-1-5-14(6-2-12)16-9-10-24-21(16)28/h1-8,11,16H,9-10H2,(H,24,28)(H2,25,26,27,29). The maximum Gasteiger partial charge on any atom is 0.293 e. The Labute approximate surface area is 171 Å². The number of amides is 1. The number of fused-ring (bicyclic) bond motifs is 1. The van der Waals surface area contributed by atoms with Crippen LogP contribution in [0.25, 0.3) is 33.5 Å². The number of H-pyrrole nitrogens is 1. The van der Waals surface area contributed by atoms with Gasteiger partial charge >= 0.3 is 0 Å². The molecule has 1 aliphatic rings. The molecule has 29 heavy (non-hydrogen) atoms. The number of hydrogen-bond acceptors (Lipinski definition) is 4. The number of imidazole rings is 1. The second kappa shape index (κ2) is 6.90. The number of hydrogen-bond donors (Lipinski definition) is 3. The molecule has 0 radical (unpaired) electrons. The number of carbonyl (C=O) groups excluding carboxylic acids is 1. The van der Waals surface area contributed by atoms with Gasteiger partial charge in [-0.15, -0.1) is 0 Å². The number of aromatic hydroxyl groups is 1. The van der Waals surface area contributed by atoms with Crippen LogP contribution in [0.4, 0.5) is 0 Å². The van der Waals surface area contributed by atoms with Crippen molar-refractivity contribution in [2.24, 2.45) is 0 Å². The van der Waals surface area contributed by atoms with E-state index in [-0.39, 0.29) is 17.8 Å². The van der Waals surface area contributed by atoms with Gasteiger partial charge in [-0.25, -0.2) is 4.98 Å². The number of pyridine rings is 1. The number of aromatic amines is 1. The molecule has 2 aromatic carbocycles. The average Bonchev–Trinajstić information content (AvgIpc) is 3.32. The van der Waals surface area contributed by atoms with Gasteiger partial charge in [0.2, 0.25) is 5.91 Å². The second-order valence-electron chi connectivity index (χ2n) is 7.08. The van der Waals surface area contributed by atoms with Crippen LogP contribution in [0.1, 0.15) is 17.9 Å². The van der Waals surface area contributed by atoms with Gasteiger partial charge in [-0.3, -0.25) is 4.79 Å². The van der Waals surface area contributed by atoms with E-state index in [0.717, 1.165) is 35.2 Å². The number of nitrogens with zero attached hydrogens (tertiary/aromatic N) is 2. The molecule has 0 aliphatic carbocycles. The molecule has 4 aromatic rings. The molecule has 7 heteroatoms. The summed E-state index contributed by atoms with van der Waals surface area (Å²) >= 11 is 6.37. The number of nitrogens with one attached hydrogen (secondary N) is 2. The van der Waals surface area contributed by atoms with Gasteiger partial charge in [0.05, 0.1) is 22.2 Å². The van der Waals surface area contributed by atoms with Gasteiger partial charge in [0.15, 0.2) is 5.65 Å². The smallest absolute Gasteiger partial charge is 0.293 e. The lowest BCUT2D eigenvalue weighted by Crippen LogP contribution is -2.17. The molecule has 2 aromatic heterocycles. The largest absolute Gasteiger partial charge is 0.480 e. The Kier molecular flexibility index (Phi) is 4.21. The molecule has 144 valence electrons. The summed E-state index contributed by atoms with van der Waals surface area (Å²) in [7, 11) is 0. The Morgan fingerprint density at radius 2 is 1.62 bits per heavy atom. The van der Waals surface area contributed by atoms with E-state index in [1.165, 1.54) is 0 Å². The summed E-state index contributed by atoms with van der Waals surface area (Å²) in [5.41, 5.74) is 5.66. The van der Waals surface area contributed by atoms with Crippen LogP contribution < -0.4 is 5.32 Å². The highest BCUT2D eigenvalue weighted by molar-refractivity contribution is 6.33. The fourth-order valence-corrected chi connectivity index (χ4v) is 4.01. The van der Waals surface area contributed by atoms with E-state index >= 15 is 0 Å². The van der Waals surface area contributed by atoms with E-state index in [2.05, 4.69) is 20.3 Å². The highest BCUT2D eigenvalue weighted by atomic mass is 35.5. The van der Waals surface area contributed by atoms with Crippen molar-refractivity contribution in [1.29, 1.82) is 0 Å². The third-order valence-electron chi connectivity index (χ3n) is 5.27. The maximum atomic E-state index is 11.9. The zero-order valence-corrected chi connectivity index (χ0v) is 16.1. The van der Waals surface area contributed by atoms with Crippen LogP contribution >= 0.6 is 11.6 Å². The van der Waals surface area contributed by atoms with Gasteiger partial charge < -0.3 is 15.4 Å². The van der Waals surface area contributed by atoms with Crippen LogP contribution in [0.2, 0.25) is 5.02 Å². The van der Waals surface area contributed by atoms with Gasteiger partial charge in [-0.05, 0) is 29.2 Å². The van der Waals surface area contributed by atoms with Crippen molar-refractivity contribution in [2.75, 3.05) is 6.54 Å². The lowest BCUT2D eigenvalue weighted by molar-refractivity contribution is -0.120. The minimum Gasteiger partial charge on any atom is -0.480 e. The van der Waals surface area contributed by atoms with Crippen molar-refractivity contribution < 1.29 is 9.90 Å². The van der Waals surface area contributed by atoms with E-state index in [1.807, 2.05) is 48.5 Å². The van der Waals surface area contributed by atoms with Crippen molar-refractivity contribution >= 4 is 28.7 Å². The SMILES string of the molecule is O=C1NCCC1c1ccc(-c2ccc(-c3nc4nc(O)[nH]c4cc3Cl)cc2)cc1. The number of rotatable bonds is 3. The first-order valence-electron chi connectivity index (χ1n) is 9.32. The van der Waals surface area contributed by atoms with Crippen molar-refractivity contribution in [3.63, 3.8) is 0 Å². The van der Waals surface area contributed by atoms with E-state index in [0.29, 0.717) is 21.9 Å². The lowest BCUT2D eigenvalue weighted by atomic mass is 9.95. The Morgan fingerprint density at radius 3 is 2.28 bits per heavy atom. The first-order valence-corrected chi connectivity index (χ1v) is 9.70. The van der Waals surface area contributed by atoms with Crippen LogP contribution in [-0.2, 0) is 4.79 Å².